The third-order valence-corrected chi connectivity index (χ3v) is 4.11. The number of ether oxygens (including phenoxy) is 1. The molecule has 0 radical (unpaired) electrons. The quantitative estimate of drug-likeness (QED) is 0.590. The smallest absolute Gasteiger partial charge is 0.346 e. The number of carboxylic acid groups (broad SMARTS) is 1. The molecule has 0 saturated carbocycles. The Kier molecular flexibility index (Phi) is 4.43. The highest BCUT2D eigenvalue weighted by atomic mass is 16.5. The van der Waals surface area contributed by atoms with Gasteiger partial charge in [0, 0.05) is 31.7 Å². The Morgan fingerprint density at radius 2 is 1.95 bits per heavy atom. The largest absolute Gasteiger partial charge is 0.477 e. The minimum absolute atomic E-state index is 0.190. The van der Waals surface area contributed by atoms with E-state index in [9.17, 15) is 4.79 Å². The summed E-state index contributed by atoms with van der Waals surface area (Å²) in [6, 6.07) is 2.30. The molecule has 0 aromatic carbocycles. The van der Waals surface area contributed by atoms with E-state index in [1.54, 1.807) is 12.1 Å². The third kappa shape index (κ3) is 3.18. The van der Waals surface area contributed by atoms with Gasteiger partial charge in [-0.05, 0) is 19.9 Å². The van der Waals surface area contributed by atoms with E-state index < -0.39 is 11.5 Å². The zero-order chi connectivity index (χ0) is 14.8. The van der Waals surface area contributed by atoms with E-state index in [0.29, 0.717) is 6.04 Å². The van der Waals surface area contributed by atoms with Gasteiger partial charge in [0.05, 0.1) is 19.3 Å². The van der Waals surface area contributed by atoms with Crippen LogP contribution in [0.1, 0.15) is 13.8 Å². The molecule has 2 rings (SSSR count). The molecular weight excluding hydrogens is 258 g/mol. The van der Waals surface area contributed by atoms with Gasteiger partial charge in [0.1, 0.15) is 11.6 Å². The van der Waals surface area contributed by atoms with Crippen molar-refractivity contribution in [1.82, 2.24) is 9.80 Å². The summed E-state index contributed by atoms with van der Waals surface area (Å²) in [7, 11) is 0. The van der Waals surface area contributed by atoms with Crippen molar-refractivity contribution in [3.05, 3.63) is 11.6 Å². The summed E-state index contributed by atoms with van der Waals surface area (Å²) in [6.07, 6.45) is 1.55. The fraction of sp³-hybridized carbons (Fsp3) is 0.714. The van der Waals surface area contributed by atoms with E-state index in [-0.39, 0.29) is 5.57 Å². The molecule has 2 fully saturated rings. The highest BCUT2D eigenvalue weighted by Gasteiger charge is 2.33. The van der Waals surface area contributed by atoms with Gasteiger partial charge in [-0.25, -0.2) is 4.79 Å². The topological polar surface area (TPSA) is 76.8 Å². The number of hydrogen-bond acceptors (Lipinski definition) is 5. The summed E-state index contributed by atoms with van der Waals surface area (Å²) in [5.41, 5.74) is -0.615. The van der Waals surface area contributed by atoms with Gasteiger partial charge in [0.2, 0.25) is 0 Å². The van der Waals surface area contributed by atoms with Crippen molar-refractivity contribution in [3.8, 4) is 6.07 Å². The second kappa shape index (κ2) is 5.92. The Bertz CT molecular complexity index is 441. The number of rotatable bonds is 4. The second-order valence-electron chi connectivity index (χ2n) is 5.84. The first-order chi connectivity index (χ1) is 9.44. The molecule has 0 spiro atoms. The molecule has 20 heavy (non-hydrogen) atoms. The molecule has 0 atom stereocenters. The average Bonchev–Trinajstić information content (AvgIpc) is 2.34. The highest BCUT2D eigenvalue weighted by molar-refractivity contribution is 5.91. The van der Waals surface area contributed by atoms with Crippen molar-refractivity contribution in [2.45, 2.75) is 25.4 Å². The molecule has 0 unspecified atom stereocenters. The molecule has 0 amide bonds. The van der Waals surface area contributed by atoms with Gasteiger partial charge in [0.15, 0.2) is 0 Å². The van der Waals surface area contributed by atoms with E-state index in [0.717, 1.165) is 39.4 Å². The van der Waals surface area contributed by atoms with Crippen LogP contribution in [0.15, 0.2) is 11.6 Å². The number of carboxylic acids is 1. The summed E-state index contributed by atoms with van der Waals surface area (Å²) in [6.45, 7) is 9.21. The van der Waals surface area contributed by atoms with Crippen molar-refractivity contribution in [3.63, 3.8) is 0 Å². The molecule has 2 aliphatic rings. The van der Waals surface area contributed by atoms with Crippen LogP contribution in [0.25, 0.3) is 0 Å². The van der Waals surface area contributed by atoms with Gasteiger partial charge in [-0.2, -0.15) is 5.26 Å². The minimum Gasteiger partial charge on any atom is -0.477 e. The van der Waals surface area contributed by atoms with Crippen molar-refractivity contribution in [1.29, 1.82) is 5.26 Å². The van der Waals surface area contributed by atoms with Crippen LogP contribution < -0.4 is 0 Å². The fourth-order valence-electron chi connectivity index (χ4n) is 2.68. The van der Waals surface area contributed by atoms with Crippen LogP contribution in [0.3, 0.4) is 0 Å². The number of carbonyl (C=O) groups is 1. The first-order valence-electron chi connectivity index (χ1n) is 6.87. The Morgan fingerprint density at radius 3 is 2.35 bits per heavy atom. The Morgan fingerprint density at radius 1 is 1.35 bits per heavy atom. The number of hydrogen-bond donors (Lipinski definition) is 1. The standard InChI is InChI=1S/C14H21N3O3/c1-14(2,7-11(8-15)13(18)19)17-5-3-16(4-6-17)12-9-20-10-12/h7,12H,3-6,9-10H2,1-2H3,(H,18,19)/b11-7+. The SMILES string of the molecule is CC(C)(/C=C(\C#N)C(=O)O)N1CCN(C2COC2)CC1. The predicted molar refractivity (Wildman–Crippen MR) is 73.2 cm³/mol. The van der Waals surface area contributed by atoms with Crippen molar-refractivity contribution in [2.75, 3.05) is 39.4 Å². The first-order valence-corrected chi connectivity index (χ1v) is 6.87. The molecule has 2 aliphatic heterocycles. The maximum Gasteiger partial charge on any atom is 0.346 e. The summed E-state index contributed by atoms with van der Waals surface area (Å²) in [4.78, 5) is 15.6. The molecule has 6 nitrogen and oxygen atoms in total. The molecular formula is C14H21N3O3. The molecule has 0 aromatic heterocycles. The molecule has 110 valence electrons. The first kappa shape index (κ1) is 15.0. The second-order valence-corrected chi connectivity index (χ2v) is 5.84. The van der Waals surface area contributed by atoms with Crippen LogP contribution in [0.4, 0.5) is 0 Å². The zero-order valence-electron chi connectivity index (χ0n) is 12.0. The number of nitrogens with zero attached hydrogens (tertiary/aromatic N) is 3. The maximum atomic E-state index is 10.9. The van der Waals surface area contributed by atoms with Gasteiger partial charge in [-0.1, -0.05) is 0 Å². The van der Waals surface area contributed by atoms with E-state index >= 15 is 0 Å². The predicted octanol–water partition coefficient (Wildman–Crippen LogP) is 0.316. The van der Waals surface area contributed by atoms with Crippen LogP contribution in [-0.2, 0) is 9.53 Å². The third-order valence-electron chi connectivity index (χ3n) is 4.11. The fourth-order valence-corrected chi connectivity index (χ4v) is 2.68. The van der Waals surface area contributed by atoms with Gasteiger partial charge in [0.25, 0.3) is 0 Å². The molecule has 0 bridgehead atoms. The molecule has 0 aromatic rings. The van der Waals surface area contributed by atoms with Crippen molar-refractivity contribution < 1.29 is 14.6 Å². The van der Waals surface area contributed by atoms with Crippen molar-refractivity contribution >= 4 is 5.97 Å². The molecule has 0 aliphatic carbocycles. The number of aliphatic carboxylic acids is 1. The Labute approximate surface area is 119 Å². The van der Waals surface area contributed by atoms with Crippen LogP contribution in [0.2, 0.25) is 0 Å². The van der Waals surface area contributed by atoms with Crippen molar-refractivity contribution in [2.24, 2.45) is 0 Å². The molecule has 1 N–H and O–H groups in total. The van der Waals surface area contributed by atoms with E-state index in [2.05, 4.69) is 9.80 Å². The maximum absolute atomic E-state index is 10.9. The highest BCUT2D eigenvalue weighted by Crippen LogP contribution is 2.22. The monoisotopic (exact) mass is 279 g/mol. The van der Waals surface area contributed by atoms with E-state index in [4.69, 9.17) is 15.1 Å². The Hall–Kier alpha value is -1.42. The minimum atomic E-state index is -1.16. The lowest BCUT2D eigenvalue weighted by molar-refractivity contribution is -0.132. The number of nitriles is 1. The average molecular weight is 279 g/mol. The summed E-state index contributed by atoms with van der Waals surface area (Å²) in [5.74, 6) is -1.16. The lowest BCUT2D eigenvalue weighted by atomic mass is 9.97. The summed E-state index contributed by atoms with van der Waals surface area (Å²) >= 11 is 0. The zero-order valence-corrected chi connectivity index (χ0v) is 12.0. The molecule has 2 saturated heterocycles. The lowest BCUT2D eigenvalue weighted by Crippen LogP contribution is -2.59. The van der Waals surface area contributed by atoms with E-state index in [1.807, 2.05) is 13.8 Å². The molecule has 2 heterocycles. The van der Waals surface area contributed by atoms with Crippen LogP contribution in [0, 0.1) is 11.3 Å². The molecule has 6 heteroatoms. The summed E-state index contributed by atoms with van der Waals surface area (Å²) < 4.78 is 5.21. The van der Waals surface area contributed by atoms with Gasteiger partial charge in [-0.3, -0.25) is 9.80 Å². The normalized spacial score (nSPS) is 23.1. The van der Waals surface area contributed by atoms with Gasteiger partial charge >= 0.3 is 5.97 Å². The van der Waals surface area contributed by atoms with Crippen LogP contribution in [0.5, 0.6) is 0 Å². The van der Waals surface area contributed by atoms with Gasteiger partial charge in [-0.15, -0.1) is 0 Å². The van der Waals surface area contributed by atoms with E-state index in [1.165, 1.54) is 0 Å². The summed E-state index contributed by atoms with van der Waals surface area (Å²) in [5, 5.41) is 17.8. The van der Waals surface area contributed by atoms with Gasteiger partial charge < -0.3 is 9.84 Å². The number of piperazine rings is 1. The van der Waals surface area contributed by atoms with Crippen LogP contribution in [-0.4, -0.2) is 71.8 Å². The van der Waals surface area contributed by atoms with Crippen LogP contribution >= 0.6 is 0 Å². The Balaban J connectivity index is 1.97. The lowest BCUT2D eigenvalue weighted by Gasteiger charge is -2.46.